The number of hydrogen-bond donors (Lipinski definition) is 0. The molecule has 0 bridgehead atoms. The molecule has 0 saturated heterocycles. The van der Waals surface area contributed by atoms with Crippen molar-refractivity contribution in [2.75, 3.05) is 11.9 Å². The maximum atomic E-state index is 2.34. The summed E-state index contributed by atoms with van der Waals surface area (Å²) >= 11 is 0. The molecule has 0 aromatic heterocycles. The van der Waals surface area contributed by atoms with E-state index >= 15 is 0 Å². The monoisotopic (exact) mass is 451 g/mol. The number of benzene rings is 5. The quantitative estimate of drug-likeness (QED) is 0.263. The van der Waals surface area contributed by atoms with Crippen LogP contribution in [0.4, 0.5) is 11.4 Å². The Balaban J connectivity index is 1.32. The third kappa shape index (κ3) is 3.56. The van der Waals surface area contributed by atoms with Gasteiger partial charge in [0.25, 0.3) is 0 Å². The summed E-state index contributed by atoms with van der Waals surface area (Å²) in [5.74, 6) is 0. The van der Waals surface area contributed by atoms with Crippen LogP contribution in [-0.2, 0) is 5.41 Å². The second-order valence-electron chi connectivity index (χ2n) is 9.92. The molecule has 35 heavy (non-hydrogen) atoms. The molecule has 1 aliphatic rings. The van der Waals surface area contributed by atoms with Crippen molar-refractivity contribution in [1.29, 1.82) is 0 Å². The molecular formula is C34H29N. The van der Waals surface area contributed by atoms with E-state index in [4.69, 9.17) is 0 Å². The van der Waals surface area contributed by atoms with Gasteiger partial charge in [-0.3, -0.25) is 0 Å². The third-order valence-corrected chi connectivity index (χ3v) is 7.53. The highest BCUT2D eigenvalue weighted by atomic mass is 15.1. The zero-order valence-electron chi connectivity index (χ0n) is 20.5. The summed E-state index contributed by atoms with van der Waals surface area (Å²) in [6.07, 6.45) is 0. The van der Waals surface area contributed by atoms with E-state index in [0.717, 1.165) is 0 Å². The highest BCUT2D eigenvalue weighted by molar-refractivity contribution is 5.92. The van der Waals surface area contributed by atoms with Crippen LogP contribution < -0.4 is 4.90 Å². The molecule has 0 N–H and O–H groups in total. The molecule has 6 rings (SSSR count). The Morgan fingerprint density at radius 1 is 0.457 bits per heavy atom. The van der Waals surface area contributed by atoms with Gasteiger partial charge in [0.15, 0.2) is 0 Å². The Morgan fingerprint density at radius 2 is 0.971 bits per heavy atom. The molecule has 0 atom stereocenters. The standard InChI is InChI=1S/C34H29N/c1-34(2)31-14-8-7-12-30(31)33-29(13-9-15-32(33)34)26-18-22-28(23-19-26)35(3)27-20-16-25(17-21-27)24-10-5-4-6-11-24/h4-23H,1-3H3. The fraction of sp³-hybridized carbons (Fsp3) is 0.118. The molecule has 0 spiro atoms. The second kappa shape index (κ2) is 8.29. The number of rotatable bonds is 4. The predicted molar refractivity (Wildman–Crippen MR) is 149 cm³/mol. The highest BCUT2D eigenvalue weighted by Gasteiger charge is 2.36. The molecule has 0 saturated carbocycles. The molecule has 5 aromatic rings. The van der Waals surface area contributed by atoms with Gasteiger partial charge in [-0.15, -0.1) is 0 Å². The Kier molecular flexibility index (Phi) is 5.07. The van der Waals surface area contributed by atoms with Gasteiger partial charge in [-0.2, -0.15) is 0 Å². The van der Waals surface area contributed by atoms with Crippen molar-refractivity contribution in [2.45, 2.75) is 19.3 Å². The summed E-state index contributed by atoms with van der Waals surface area (Å²) in [6.45, 7) is 4.67. The Hall–Kier alpha value is -4.10. The van der Waals surface area contributed by atoms with Crippen LogP contribution in [0.25, 0.3) is 33.4 Å². The first-order valence-corrected chi connectivity index (χ1v) is 12.3. The molecule has 0 fully saturated rings. The Labute approximate surface area is 208 Å². The van der Waals surface area contributed by atoms with E-state index in [1.807, 2.05) is 0 Å². The summed E-state index contributed by atoms with van der Waals surface area (Å²) in [5, 5.41) is 0. The molecule has 0 radical (unpaired) electrons. The van der Waals surface area contributed by atoms with Crippen LogP contribution in [-0.4, -0.2) is 7.05 Å². The first-order chi connectivity index (χ1) is 17.0. The van der Waals surface area contributed by atoms with Gasteiger partial charge in [-0.1, -0.05) is 111 Å². The first kappa shape index (κ1) is 21.4. The van der Waals surface area contributed by atoms with E-state index in [0.29, 0.717) is 0 Å². The minimum Gasteiger partial charge on any atom is -0.345 e. The van der Waals surface area contributed by atoms with Crippen molar-refractivity contribution >= 4 is 11.4 Å². The summed E-state index contributed by atoms with van der Waals surface area (Å²) < 4.78 is 0. The summed E-state index contributed by atoms with van der Waals surface area (Å²) in [5.41, 5.74) is 13.0. The molecule has 5 aromatic carbocycles. The lowest BCUT2D eigenvalue weighted by molar-refractivity contribution is 0.660. The van der Waals surface area contributed by atoms with Crippen LogP contribution in [0.15, 0.2) is 121 Å². The zero-order chi connectivity index (χ0) is 24.0. The average molecular weight is 452 g/mol. The van der Waals surface area contributed by atoms with E-state index in [1.54, 1.807) is 0 Å². The van der Waals surface area contributed by atoms with Gasteiger partial charge in [0, 0.05) is 23.8 Å². The highest BCUT2D eigenvalue weighted by Crippen LogP contribution is 2.51. The smallest absolute Gasteiger partial charge is 0.0408 e. The van der Waals surface area contributed by atoms with E-state index in [-0.39, 0.29) is 5.41 Å². The number of anilines is 2. The van der Waals surface area contributed by atoms with Crippen molar-refractivity contribution in [3.63, 3.8) is 0 Å². The Morgan fingerprint density at radius 3 is 1.66 bits per heavy atom. The fourth-order valence-electron chi connectivity index (χ4n) is 5.52. The molecular weight excluding hydrogens is 422 g/mol. The normalized spacial score (nSPS) is 13.2. The van der Waals surface area contributed by atoms with Crippen LogP contribution in [0.3, 0.4) is 0 Å². The van der Waals surface area contributed by atoms with Gasteiger partial charge in [0.2, 0.25) is 0 Å². The van der Waals surface area contributed by atoms with Gasteiger partial charge < -0.3 is 4.90 Å². The topological polar surface area (TPSA) is 3.24 Å². The first-order valence-electron chi connectivity index (χ1n) is 12.3. The van der Waals surface area contributed by atoms with Gasteiger partial charge in [0.1, 0.15) is 0 Å². The minimum absolute atomic E-state index is 0.0218. The van der Waals surface area contributed by atoms with Gasteiger partial charge in [0.05, 0.1) is 0 Å². The van der Waals surface area contributed by atoms with E-state index < -0.39 is 0 Å². The summed E-state index contributed by atoms with van der Waals surface area (Å²) in [7, 11) is 2.13. The zero-order valence-corrected chi connectivity index (χ0v) is 20.5. The van der Waals surface area contributed by atoms with Gasteiger partial charge in [-0.25, -0.2) is 0 Å². The summed E-state index contributed by atoms with van der Waals surface area (Å²) in [4.78, 5) is 2.24. The minimum atomic E-state index is 0.0218. The van der Waals surface area contributed by atoms with Crippen molar-refractivity contribution in [3.05, 3.63) is 132 Å². The predicted octanol–water partition coefficient (Wildman–Crippen LogP) is 9.09. The van der Waals surface area contributed by atoms with E-state index in [9.17, 15) is 0 Å². The molecule has 1 aliphatic carbocycles. The average Bonchev–Trinajstić information content (AvgIpc) is 3.16. The molecule has 170 valence electrons. The third-order valence-electron chi connectivity index (χ3n) is 7.53. The van der Waals surface area contributed by atoms with Crippen LogP contribution in [0.2, 0.25) is 0 Å². The van der Waals surface area contributed by atoms with Crippen molar-refractivity contribution < 1.29 is 0 Å². The maximum absolute atomic E-state index is 2.34. The lowest BCUT2D eigenvalue weighted by Crippen LogP contribution is -2.14. The largest absolute Gasteiger partial charge is 0.345 e. The Bertz CT molecular complexity index is 1490. The van der Waals surface area contributed by atoms with Crippen LogP contribution in [0.5, 0.6) is 0 Å². The molecule has 0 aliphatic heterocycles. The maximum Gasteiger partial charge on any atom is 0.0408 e. The van der Waals surface area contributed by atoms with Crippen molar-refractivity contribution in [2.24, 2.45) is 0 Å². The molecule has 1 heteroatoms. The van der Waals surface area contributed by atoms with Crippen LogP contribution >= 0.6 is 0 Å². The van der Waals surface area contributed by atoms with Crippen LogP contribution in [0, 0.1) is 0 Å². The SMILES string of the molecule is CN(c1ccc(-c2ccccc2)cc1)c1ccc(-c2cccc3c2-c2ccccc2C3(C)C)cc1. The number of hydrogen-bond acceptors (Lipinski definition) is 1. The number of nitrogens with zero attached hydrogens (tertiary/aromatic N) is 1. The van der Waals surface area contributed by atoms with Crippen LogP contribution in [0.1, 0.15) is 25.0 Å². The molecule has 0 heterocycles. The van der Waals surface area contributed by atoms with Crippen molar-refractivity contribution in [3.8, 4) is 33.4 Å². The lowest BCUT2D eigenvalue weighted by Gasteiger charge is -2.22. The van der Waals surface area contributed by atoms with E-state index in [1.165, 1.54) is 55.9 Å². The van der Waals surface area contributed by atoms with Gasteiger partial charge >= 0.3 is 0 Å². The van der Waals surface area contributed by atoms with Gasteiger partial charge in [-0.05, 0) is 68.8 Å². The fourth-order valence-corrected chi connectivity index (χ4v) is 5.52. The molecule has 1 nitrogen and oxygen atoms in total. The molecule has 0 unspecified atom stereocenters. The lowest BCUT2D eigenvalue weighted by atomic mass is 9.82. The van der Waals surface area contributed by atoms with E-state index in [2.05, 4.69) is 147 Å². The second-order valence-corrected chi connectivity index (χ2v) is 9.92. The van der Waals surface area contributed by atoms with Crippen molar-refractivity contribution in [1.82, 2.24) is 0 Å². The summed E-state index contributed by atoms with van der Waals surface area (Å²) in [6, 6.07) is 43.9. The number of fused-ring (bicyclic) bond motifs is 3. The molecule has 0 amide bonds.